The molecule has 0 atom stereocenters. The number of para-hydroxylation sites is 1. The monoisotopic (exact) mass is 243 g/mol. The van der Waals surface area contributed by atoms with Crippen molar-refractivity contribution in [3.05, 3.63) is 47.4 Å². The molecular formula is C11H9N5S. The summed E-state index contributed by atoms with van der Waals surface area (Å²) < 4.78 is 2.42. The highest BCUT2D eigenvalue weighted by atomic mass is 32.1. The number of aromatic nitrogens is 5. The van der Waals surface area contributed by atoms with E-state index in [1.54, 1.807) is 6.20 Å². The smallest absolute Gasteiger partial charge is 0.200 e. The molecule has 1 aromatic carbocycles. The number of nitrogens with zero attached hydrogens (tertiary/aromatic N) is 3. The molecule has 0 spiro atoms. The fourth-order valence-corrected chi connectivity index (χ4v) is 1.91. The largest absolute Gasteiger partial charge is 0.275 e. The minimum Gasteiger partial charge on any atom is -0.275 e. The zero-order valence-electron chi connectivity index (χ0n) is 8.79. The fourth-order valence-electron chi connectivity index (χ4n) is 1.67. The zero-order valence-corrected chi connectivity index (χ0v) is 9.61. The quantitative estimate of drug-likeness (QED) is 0.679. The average molecular weight is 243 g/mol. The average Bonchev–Trinajstić information content (AvgIpc) is 2.98. The minimum atomic E-state index is 0.556. The number of benzene rings is 1. The van der Waals surface area contributed by atoms with Gasteiger partial charge in [0.1, 0.15) is 5.69 Å². The summed E-state index contributed by atoms with van der Waals surface area (Å²) in [5.41, 5.74) is 1.79. The van der Waals surface area contributed by atoms with Crippen molar-refractivity contribution in [3.8, 4) is 17.2 Å². The molecule has 0 bridgehead atoms. The van der Waals surface area contributed by atoms with Crippen LogP contribution in [0.1, 0.15) is 0 Å². The van der Waals surface area contributed by atoms with Crippen molar-refractivity contribution in [2.75, 3.05) is 0 Å². The van der Waals surface area contributed by atoms with Gasteiger partial charge in [0.25, 0.3) is 0 Å². The summed E-state index contributed by atoms with van der Waals surface area (Å²) in [6.07, 6.45) is 1.68. The van der Waals surface area contributed by atoms with Gasteiger partial charge in [-0.3, -0.25) is 14.8 Å². The van der Waals surface area contributed by atoms with Gasteiger partial charge in [0.05, 0.1) is 5.69 Å². The second-order valence-corrected chi connectivity index (χ2v) is 3.88. The molecule has 17 heavy (non-hydrogen) atoms. The van der Waals surface area contributed by atoms with Crippen LogP contribution in [-0.4, -0.2) is 25.0 Å². The first-order chi connectivity index (χ1) is 8.36. The van der Waals surface area contributed by atoms with E-state index in [4.69, 9.17) is 12.2 Å². The predicted molar refractivity (Wildman–Crippen MR) is 66.3 cm³/mol. The molecule has 5 nitrogen and oxygen atoms in total. The van der Waals surface area contributed by atoms with E-state index in [0.29, 0.717) is 4.77 Å². The third-order valence-electron chi connectivity index (χ3n) is 2.43. The van der Waals surface area contributed by atoms with Crippen LogP contribution in [0.25, 0.3) is 17.2 Å². The Morgan fingerprint density at radius 3 is 2.59 bits per heavy atom. The number of H-pyrrole nitrogens is 2. The van der Waals surface area contributed by atoms with Gasteiger partial charge in [-0.1, -0.05) is 18.2 Å². The van der Waals surface area contributed by atoms with Crippen molar-refractivity contribution in [2.45, 2.75) is 0 Å². The number of aromatic amines is 2. The zero-order chi connectivity index (χ0) is 11.7. The SMILES string of the molecule is S=c1[nH]nc(-c2ccn[nH]2)n1-c1ccccc1. The molecule has 0 radical (unpaired) electrons. The molecule has 0 fully saturated rings. The highest BCUT2D eigenvalue weighted by molar-refractivity contribution is 7.71. The molecule has 0 aliphatic carbocycles. The summed E-state index contributed by atoms with van der Waals surface area (Å²) in [5.74, 6) is 0.721. The molecule has 3 aromatic rings. The lowest BCUT2D eigenvalue weighted by atomic mass is 10.3. The van der Waals surface area contributed by atoms with E-state index < -0.39 is 0 Å². The van der Waals surface area contributed by atoms with Crippen LogP contribution in [0.4, 0.5) is 0 Å². The van der Waals surface area contributed by atoms with E-state index in [1.165, 1.54) is 0 Å². The molecule has 0 aliphatic rings. The second-order valence-electron chi connectivity index (χ2n) is 3.49. The van der Waals surface area contributed by atoms with Crippen molar-refractivity contribution in [2.24, 2.45) is 0 Å². The first-order valence-electron chi connectivity index (χ1n) is 5.09. The topological polar surface area (TPSA) is 62.3 Å². The van der Waals surface area contributed by atoms with Gasteiger partial charge in [0.2, 0.25) is 0 Å². The van der Waals surface area contributed by atoms with Crippen LogP contribution in [0.2, 0.25) is 0 Å². The standard InChI is InChI=1S/C11H9N5S/c17-11-15-14-10(9-6-7-12-13-9)16(11)8-4-2-1-3-5-8/h1-7H,(H,12,13)(H,15,17). The molecule has 0 saturated carbocycles. The lowest BCUT2D eigenvalue weighted by Crippen LogP contribution is -1.97. The van der Waals surface area contributed by atoms with Gasteiger partial charge in [-0.25, -0.2) is 0 Å². The fraction of sp³-hybridized carbons (Fsp3) is 0. The molecule has 0 amide bonds. The highest BCUT2D eigenvalue weighted by Gasteiger charge is 2.10. The van der Waals surface area contributed by atoms with Crippen molar-refractivity contribution in [1.29, 1.82) is 0 Å². The number of rotatable bonds is 2. The van der Waals surface area contributed by atoms with Gasteiger partial charge in [-0.15, -0.1) is 0 Å². The Balaban J connectivity index is 2.24. The van der Waals surface area contributed by atoms with Crippen LogP contribution < -0.4 is 0 Å². The molecule has 84 valence electrons. The lowest BCUT2D eigenvalue weighted by Gasteiger charge is -2.04. The van der Waals surface area contributed by atoms with Crippen molar-refractivity contribution in [3.63, 3.8) is 0 Å². The van der Waals surface area contributed by atoms with E-state index in [9.17, 15) is 0 Å². The molecule has 0 aliphatic heterocycles. The molecule has 2 aromatic heterocycles. The van der Waals surface area contributed by atoms with Crippen LogP contribution in [-0.2, 0) is 0 Å². The van der Waals surface area contributed by atoms with Crippen molar-refractivity contribution < 1.29 is 0 Å². The number of hydrogen-bond donors (Lipinski definition) is 2. The summed E-state index contributed by atoms with van der Waals surface area (Å²) in [7, 11) is 0. The third kappa shape index (κ3) is 1.68. The highest BCUT2D eigenvalue weighted by Crippen LogP contribution is 2.18. The first-order valence-corrected chi connectivity index (χ1v) is 5.49. The Morgan fingerprint density at radius 2 is 1.88 bits per heavy atom. The van der Waals surface area contributed by atoms with E-state index >= 15 is 0 Å². The molecule has 2 heterocycles. The maximum atomic E-state index is 5.24. The van der Waals surface area contributed by atoms with Crippen molar-refractivity contribution >= 4 is 12.2 Å². The maximum absolute atomic E-state index is 5.24. The number of hydrogen-bond acceptors (Lipinski definition) is 3. The van der Waals surface area contributed by atoms with E-state index in [2.05, 4.69) is 20.4 Å². The first kappa shape index (κ1) is 9.98. The molecule has 2 N–H and O–H groups in total. The normalized spacial score (nSPS) is 10.6. The summed E-state index contributed by atoms with van der Waals surface area (Å²) in [6.45, 7) is 0. The molecular weight excluding hydrogens is 234 g/mol. The second kappa shape index (κ2) is 3.99. The third-order valence-corrected chi connectivity index (χ3v) is 2.70. The lowest BCUT2D eigenvalue weighted by molar-refractivity contribution is 1.02. The Hall–Kier alpha value is -2.21. The molecule has 0 unspecified atom stereocenters. The molecule has 3 rings (SSSR count). The van der Waals surface area contributed by atoms with Gasteiger partial charge in [0.15, 0.2) is 10.6 Å². The molecule has 0 saturated heterocycles. The minimum absolute atomic E-state index is 0.556. The van der Waals surface area contributed by atoms with E-state index in [0.717, 1.165) is 17.2 Å². The Morgan fingerprint density at radius 1 is 1.06 bits per heavy atom. The van der Waals surface area contributed by atoms with Gasteiger partial charge >= 0.3 is 0 Å². The Bertz CT molecular complexity index is 665. The summed E-state index contributed by atoms with van der Waals surface area (Å²) in [4.78, 5) is 0. The Labute approximate surface area is 102 Å². The van der Waals surface area contributed by atoms with Crippen LogP contribution in [0, 0.1) is 4.77 Å². The van der Waals surface area contributed by atoms with E-state index in [-0.39, 0.29) is 0 Å². The van der Waals surface area contributed by atoms with Crippen LogP contribution in [0.3, 0.4) is 0 Å². The Kier molecular flexibility index (Phi) is 2.34. The van der Waals surface area contributed by atoms with Crippen LogP contribution in [0.5, 0.6) is 0 Å². The summed E-state index contributed by atoms with van der Waals surface area (Å²) in [6, 6.07) is 11.7. The van der Waals surface area contributed by atoms with Crippen molar-refractivity contribution in [1.82, 2.24) is 25.0 Å². The van der Waals surface area contributed by atoms with Crippen LogP contribution in [0.15, 0.2) is 42.6 Å². The van der Waals surface area contributed by atoms with E-state index in [1.807, 2.05) is 41.0 Å². The van der Waals surface area contributed by atoms with Gasteiger partial charge in [-0.05, 0) is 30.4 Å². The van der Waals surface area contributed by atoms with Crippen LogP contribution >= 0.6 is 12.2 Å². The van der Waals surface area contributed by atoms with Gasteiger partial charge in [0, 0.05) is 6.20 Å². The summed E-state index contributed by atoms with van der Waals surface area (Å²) >= 11 is 5.24. The summed E-state index contributed by atoms with van der Waals surface area (Å²) in [5, 5.41) is 13.8. The van der Waals surface area contributed by atoms with Gasteiger partial charge < -0.3 is 0 Å². The predicted octanol–water partition coefficient (Wildman–Crippen LogP) is 2.32. The molecule has 6 heteroatoms. The maximum Gasteiger partial charge on any atom is 0.200 e. The number of nitrogens with one attached hydrogen (secondary N) is 2. The van der Waals surface area contributed by atoms with Gasteiger partial charge in [-0.2, -0.15) is 10.2 Å².